The predicted molar refractivity (Wildman–Crippen MR) is 53.9 cm³/mol. The van der Waals surface area contributed by atoms with Crippen molar-refractivity contribution in [2.24, 2.45) is 5.73 Å². The number of halogens is 3. The van der Waals surface area contributed by atoms with Crippen molar-refractivity contribution >= 4 is 5.78 Å². The fraction of sp³-hybridized carbons (Fsp3) is 0.182. The largest absolute Gasteiger partial charge is 0.454 e. The summed E-state index contributed by atoms with van der Waals surface area (Å²) < 4.78 is 36.4. The Labute approximate surface area is 90.6 Å². The lowest BCUT2D eigenvalue weighted by molar-refractivity contribution is -0.0885. The van der Waals surface area contributed by atoms with Crippen LogP contribution in [-0.4, -0.2) is 12.0 Å². The first-order valence-corrected chi connectivity index (χ1v) is 4.52. The Balaban J connectivity index is 2.94. The van der Waals surface area contributed by atoms with Crippen molar-refractivity contribution in [1.82, 2.24) is 0 Å². The maximum absolute atomic E-state index is 12.1. The van der Waals surface area contributed by atoms with E-state index in [1.54, 1.807) is 12.1 Å². The van der Waals surface area contributed by atoms with E-state index >= 15 is 0 Å². The maximum atomic E-state index is 12.1. The topological polar surface area (TPSA) is 43.1 Å². The zero-order chi connectivity index (χ0) is 12.2. The normalized spacial score (nSPS) is 11.9. The van der Waals surface area contributed by atoms with Gasteiger partial charge in [0.1, 0.15) is 0 Å². The highest BCUT2D eigenvalue weighted by Gasteiger charge is 2.39. The summed E-state index contributed by atoms with van der Waals surface area (Å²) in [7, 11) is 0. The van der Waals surface area contributed by atoms with Gasteiger partial charge in [0.15, 0.2) is 0 Å². The van der Waals surface area contributed by atoms with Gasteiger partial charge in [0.2, 0.25) is 0 Å². The molecule has 0 aliphatic rings. The first-order chi connectivity index (χ1) is 7.45. The van der Waals surface area contributed by atoms with Gasteiger partial charge in [0.05, 0.1) is 0 Å². The number of hydrogen-bond acceptors (Lipinski definition) is 2. The number of rotatable bonds is 3. The molecule has 2 N–H and O–H groups in total. The van der Waals surface area contributed by atoms with Gasteiger partial charge in [0, 0.05) is 5.56 Å². The van der Waals surface area contributed by atoms with Gasteiger partial charge in [-0.25, -0.2) is 0 Å². The van der Waals surface area contributed by atoms with Crippen LogP contribution in [0.4, 0.5) is 13.2 Å². The summed E-state index contributed by atoms with van der Waals surface area (Å²) in [5.74, 6) is -1.83. The van der Waals surface area contributed by atoms with Gasteiger partial charge in [-0.3, -0.25) is 4.79 Å². The van der Waals surface area contributed by atoms with Crippen LogP contribution in [0, 0.1) is 0 Å². The molecule has 0 aliphatic carbocycles. The van der Waals surface area contributed by atoms with Crippen LogP contribution in [0.15, 0.2) is 36.5 Å². The van der Waals surface area contributed by atoms with Gasteiger partial charge in [-0.1, -0.05) is 24.3 Å². The van der Waals surface area contributed by atoms with E-state index in [1.807, 2.05) is 0 Å². The van der Waals surface area contributed by atoms with Crippen molar-refractivity contribution in [1.29, 1.82) is 0 Å². The van der Waals surface area contributed by atoms with Crippen molar-refractivity contribution < 1.29 is 18.0 Å². The molecule has 86 valence electrons. The van der Waals surface area contributed by atoms with E-state index < -0.39 is 12.0 Å². The number of nitrogens with two attached hydrogens (primary N) is 1. The van der Waals surface area contributed by atoms with Gasteiger partial charge in [0.25, 0.3) is 5.78 Å². The van der Waals surface area contributed by atoms with Gasteiger partial charge in [-0.15, -0.1) is 0 Å². The summed E-state index contributed by atoms with van der Waals surface area (Å²) >= 11 is 0. The number of allylic oxidation sites excluding steroid dienone is 1. The van der Waals surface area contributed by atoms with Crippen LogP contribution < -0.4 is 5.73 Å². The van der Waals surface area contributed by atoms with E-state index in [4.69, 9.17) is 5.73 Å². The Hall–Kier alpha value is -1.78. The van der Waals surface area contributed by atoms with Crippen LogP contribution >= 0.6 is 0 Å². The summed E-state index contributed by atoms with van der Waals surface area (Å²) in [5.41, 5.74) is 5.37. The molecule has 0 amide bonds. The molecule has 0 aliphatic heterocycles. The van der Waals surface area contributed by atoms with Gasteiger partial charge >= 0.3 is 6.18 Å². The molecule has 0 atom stereocenters. The van der Waals surface area contributed by atoms with E-state index in [2.05, 4.69) is 0 Å². The summed E-state index contributed by atoms with van der Waals surface area (Å²) in [5, 5.41) is 0. The Morgan fingerprint density at radius 1 is 1.38 bits per heavy atom. The van der Waals surface area contributed by atoms with Crippen molar-refractivity contribution in [3.63, 3.8) is 0 Å². The zero-order valence-corrected chi connectivity index (χ0v) is 8.29. The molecule has 0 saturated heterocycles. The van der Waals surface area contributed by atoms with Crippen molar-refractivity contribution in [2.45, 2.75) is 12.6 Å². The van der Waals surface area contributed by atoms with Crippen molar-refractivity contribution in [3.8, 4) is 0 Å². The van der Waals surface area contributed by atoms with Crippen LogP contribution in [0.3, 0.4) is 0 Å². The van der Waals surface area contributed by atoms with Crippen molar-refractivity contribution in [2.75, 3.05) is 0 Å². The minimum Gasteiger partial charge on any atom is -0.405 e. The summed E-state index contributed by atoms with van der Waals surface area (Å²) in [6, 6.07) is 5.41. The Morgan fingerprint density at radius 2 is 2.06 bits per heavy atom. The number of carbonyl (C=O) groups excluding carboxylic acids is 1. The second kappa shape index (κ2) is 4.83. The fourth-order valence-corrected chi connectivity index (χ4v) is 1.21. The van der Waals surface area contributed by atoms with E-state index in [1.165, 1.54) is 18.3 Å². The maximum Gasteiger partial charge on any atom is 0.454 e. The third-order valence-electron chi connectivity index (χ3n) is 1.94. The molecular formula is C11H10F3NO. The molecule has 0 spiro atoms. The Morgan fingerprint density at radius 3 is 2.62 bits per heavy atom. The second-order valence-corrected chi connectivity index (χ2v) is 3.16. The van der Waals surface area contributed by atoms with E-state index in [-0.39, 0.29) is 5.56 Å². The molecule has 0 radical (unpaired) electrons. The number of ketones is 1. The highest BCUT2D eigenvalue weighted by Crippen LogP contribution is 2.22. The number of alkyl halides is 3. The quantitative estimate of drug-likeness (QED) is 0.809. The lowest BCUT2D eigenvalue weighted by Gasteiger charge is -2.06. The Bertz CT molecular complexity index is 410. The van der Waals surface area contributed by atoms with Gasteiger partial charge in [-0.2, -0.15) is 13.2 Å². The van der Waals surface area contributed by atoms with Gasteiger partial charge < -0.3 is 5.73 Å². The molecule has 2 nitrogen and oxygen atoms in total. The lowest BCUT2D eigenvalue weighted by atomic mass is 10.0. The van der Waals surface area contributed by atoms with Crippen molar-refractivity contribution in [3.05, 3.63) is 47.7 Å². The van der Waals surface area contributed by atoms with Crippen LogP contribution in [-0.2, 0) is 6.42 Å². The average Bonchev–Trinajstić information content (AvgIpc) is 2.24. The molecule has 0 unspecified atom stereocenters. The average molecular weight is 229 g/mol. The van der Waals surface area contributed by atoms with E-state index in [0.717, 1.165) is 6.07 Å². The molecule has 16 heavy (non-hydrogen) atoms. The van der Waals surface area contributed by atoms with Gasteiger partial charge in [-0.05, 0) is 24.3 Å². The standard InChI is InChI=1S/C11H10F3NO/c12-11(13,14)10(16)9-5-1-3-8(7-9)4-2-6-15/h1-3,5-7H,4,15H2. The molecule has 0 heterocycles. The van der Waals surface area contributed by atoms with Crippen LogP contribution in [0.25, 0.3) is 0 Å². The summed E-state index contributed by atoms with van der Waals surface area (Å²) in [4.78, 5) is 10.9. The van der Waals surface area contributed by atoms with E-state index in [9.17, 15) is 18.0 Å². The zero-order valence-electron chi connectivity index (χ0n) is 8.29. The molecule has 0 fully saturated rings. The first-order valence-electron chi connectivity index (χ1n) is 4.52. The number of carbonyl (C=O) groups is 1. The molecule has 1 aromatic carbocycles. The molecule has 5 heteroatoms. The summed E-state index contributed by atoms with van der Waals surface area (Å²) in [6.45, 7) is 0. The minimum atomic E-state index is -4.83. The second-order valence-electron chi connectivity index (χ2n) is 3.16. The van der Waals surface area contributed by atoms with E-state index in [0.29, 0.717) is 12.0 Å². The molecular weight excluding hydrogens is 219 g/mol. The highest BCUT2D eigenvalue weighted by molar-refractivity contribution is 6.00. The molecule has 0 bridgehead atoms. The third kappa shape index (κ3) is 3.12. The van der Waals surface area contributed by atoms with Crippen LogP contribution in [0.1, 0.15) is 15.9 Å². The molecule has 1 aromatic rings. The molecule has 1 rings (SSSR count). The smallest absolute Gasteiger partial charge is 0.405 e. The number of benzene rings is 1. The SMILES string of the molecule is NC=CCc1cccc(C(=O)C(F)(F)F)c1. The monoisotopic (exact) mass is 229 g/mol. The first kappa shape index (κ1) is 12.3. The Kier molecular flexibility index (Phi) is 3.71. The number of Topliss-reactive ketones (excluding diaryl/α,β-unsaturated/α-hetero) is 1. The predicted octanol–water partition coefficient (Wildman–Crippen LogP) is 2.45. The fourth-order valence-electron chi connectivity index (χ4n) is 1.21. The van der Waals surface area contributed by atoms with Crippen LogP contribution in [0.2, 0.25) is 0 Å². The lowest BCUT2D eigenvalue weighted by Crippen LogP contribution is -2.22. The van der Waals surface area contributed by atoms with Crippen LogP contribution in [0.5, 0.6) is 0 Å². The third-order valence-corrected chi connectivity index (χ3v) is 1.94. The highest BCUT2D eigenvalue weighted by atomic mass is 19.4. The minimum absolute atomic E-state index is 0.351. The molecule has 0 saturated carbocycles. The number of hydrogen-bond donors (Lipinski definition) is 1. The molecule has 0 aromatic heterocycles. The summed E-state index contributed by atoms with van der Waals surface area (Å²) in [6.07, 6.45) is -1.53.